The Balaban J connectivity index is 2.44. The fraction of sp³-hybridized carbons (Fsp3) is 0.182. The van der Waals surface area contributed by atoms with Gasteiger partial charge in [-0.3, -0.25) is 0 Å². The summed E-state index contributed by atoms with van der Waals surface area (Å²) in [4.78, 5) is 0. The zero-order valence-electron chi connectivity index (χ0n) is 6.80. The monoisotopic (exact) mass is 156 g/mol. The van der Waals surface area contributed by atoms with Crippen molar-refractivity contribution in [1.82, 2.24) is 0 Å². The van der Waals surface area contributed by atoms with E-state index in [1.54, 1.807) is 0 Å². The SMILES string of the molecule is C#Cc1ccc2c(c1)CC[CH]N2. The molecule has 1 aromatic rings. The van der Waals surface area contributed by atoms with Crippen molar-refractivity contribution in [2.75, 3.05) is 5.32 Å². The number of hydrogen-bond acceptors (Lipinski definition) is 1. The van der Waals surface area contributed by atoms with Crippen molar-refractivity contribution >= 4 is 5.69 Å². The lowest BCUT2D eigenvalue weighted by Gasteiger charge is -2.17. The first-order chi connectivity index (χ1) is 5.90. The fourth-order valence-electron chi connectivity index (χ4n) is 1.44. The van der Waals surface area contributed by atoms with Crippen molar-refractivity contribution in [1.29, 1.82) is 0 Å². The maximum absolute atomic E-state index is 5.30. The summed E-state index contributed by atoms with van der Waals surface area (Å²) in [6.45, 7) is 2.08. The molecular weight excluding hydrogens is 146 g/mol. The minimum atomic E-state index is 0.970. The standard InChI is InChI=1S/C11H10N/c1-2-9-5-6-11-10(8-9)4-3-7-12-11/h1,5-8,12H,3-4H2. The average molecular weight is 156 g/mol. The molecule has 0 aliphatic carbocycles. The number of rotatable bonds is 0. The highest BCUT2D eigenvalue weighted by molar-refractivity contribution is 5.57. The van der Waals surface area contributed by atoms with Crippen molar-refractivity contribution in [3.05, 3.63) is 35.9 Å². The van der Waals surface area contributed by atoms with Crippen LogP contribution in [0.25, 0.3) is 0 Å². The first-order valence-electron chi connectivity index (χ1n) is 4.08. The molecule has 1 N–H and O–H groups in total. The summed E-state index contributed by atoms with van der Waals surface area (Å²) in [7, 11) is 0. The van der Waals surface area contributed by atoms with Gasteiger partial charge in [0.2, 0.25) is 0 Å². The second-order valence-electron chi connectivity index (χ2n) is 2.90. The van der Waals surface area contributed by atoms with E-state index in [-0.39, 0.29) is 0 Å². The van der Waals surface area contributed by atoms with Gasteiger partial charge in [-0.25, -0.2) is 0 Å². The Kier molecular flexibility index (Phi) is 1.75. The fourth-order valence-corrected chi connectivity index (χ4v) is 1.44. The molecule has 1 aliphatic rings. The molecule has 0 saturated heterocycles. The number of anilines is 1. The average Bonchev–Trinajstić information content (AvgIpc) is 2.17. The number of fused-ring (bicyclic) bond motifs is 1. The van der Waals surface area contributed by atoms with Crippen molar-refractivity contribution in [2.24, 2.45) is 0 Å². The van der Waals surface area contributed by atoms with Crippen LogP contribution in [-0.2, 0) is 6.42 Å². The molecule has 1 heterocycles. The molecule has 0 aromatic heterocycles. The van der Waals surface area contributed by atoms with Gasteiger partial charge in [0.05, 0.1) is 0 Å². The molecule has 1 radical (unpaired) electrons. The van der Waals surface area contributed by atoms with Gasteiger partial charge in [0, 0.05) is 17.8 Å². The number of nitrogens with one attached hydrogen (secondary N) is 1. The van der Waals surface area contributed by atoms with Crippen LogP contribution in [0, 0.1) is 18.9 Å². The predicted molar refractivity (Wildman–Crippen MR) is 50.6 cm³/mol. The summed E-state index contributed by atoms with van der Waals surface area (Å²) in [5, 5.41) is 3.22. The van der Waals surface area contributed by atoms with Crippen LogP contribution < -0.4 is 5.32 Å². The van der Waals surface area contributed by atoms with E-state index in [1.165, 1.54) is 11.3 Å². The summed E-state index contributed by atoms with van der Waals surface area (Å²) < 4.78 is 0. The number of terminal acetylenes is 1. The Morgan fingerprint density at radius 1 is 1.42 bits per heavy atom. The Morgan fingerprint density at radius 3 is 3.17 bits per heavy atom. The second kappa shape index (κ2) is 2.91. The molecule has 0 fully saturated rings. The molecule has 1 heteroatoms. The molecular formula is C11H10N. The van der Waals surface area contributed by atoms with Gasteiger partial charge in [0.25, 0.3) is 0 Å². The molecule has 0 bridgehead atoms. The maximum atomic E-state index is 5.30. The quantitative estimate of drug-likeness (QED) is 0.568. The molecule has 1 aromatic carbocycles. The summed E-state index contributed by atoms with van der Waals surface area (Å²) in [6.07, 6.45) is 7.48. The molecule has 59 valence electrons. The molecule has 2 rings (SSSR count). The number of hydrogen-bond donors (Lipinski definition) is 1. The first kappa shape index (κ1) is 7.24. The molecule has 0 spiro atoms. The van der Waals surface area contributed by atoms with Crippen LogP contribution in [0.3, 0.4) is 0 Å². The lowest BCUT2D eigenvalue weighted by molar-refractivity contribution is 0.908. The van der Waals surface area contributed by atoms with Gasteiger partial charge in [-0.2, -0.15) is 0 Å². The summed E-state index contributed by atoms with van der Waals surface area (Å²) >= 11 is 0. The third-order valence-corrected chi connectivity index (χ3v) is 2.09. The Bertz CT molecular complexity index is 333. The molecule has 0 amide bonds. The topological polar surface area (TPSA) is 12.0 Å². The Hall–Kier alpha value is -1.42. The third kappa shape index (κ3) is 1.16. The molecule has 0 saturated carbocycles. The Labute approximate surface area is 72.8 Å². The van der Waals surface area contributed by atoms with E-state index in [0.29, 0.717) is 0 Å². The van der Waals surface area contributed by atoms with Crippen LogP contribution in [0.1, 0.15) is 17.5 Å². The zero-order valence-corrected chi connectivity index (χ0v) is 6.80. The molecule has 1 nitrogen and oxygen atoms in total. The van der Waals surface area contributed by atoms with E-state index in [1.807, 2.05) is 12.1 Å². The minimum absolute atomic E-state index is 0.970. The van der Waals surface area contributed by atoms with Gasteiger partial charge in [0.15, 0.2) is 0 Å². The number of aryl methyl sites for hydroxylation is 1. The number of benzene rings is 1. The van der Waals surface area contributed by atoms with Crippen LogP contribution >= 0.6 is 0 Å². The third-order valence-electron chi connectivity index (χ3n) is 2.09. The summed E-state index contributed by atoms with van der Waals surface area (Å²) in [5.41, 5.74) is 3.49. The van der Waals surface area contributed by atoms with E-state index in [2.05, 4.69) is 23.8 Å². The molecule has 0 unspecified atom stereocenters. The van der Waals surface area contributed by atoms with Crippen LogP contribution in [0.15, 0.2) is 18.2 Å². The lowest BCUT2D eigenvalue weighted by atomic mass is 10.0. The molecule has 12 heavy (non-hydrogen) atoms. The van der Waals surface area contributed by atoms with E-state index < -0.39 is 0 Å². The van der Waals surface area contributed by atoms with E-state index in [4.69, 9.17) is 6.42 Å². The van der Waals surface area contributed by atoms with Crippen LogP contribution in [0.4, 0.5) is 5.69 Å². The van der Waals surface area contributed by atoms with Gasteiger partial charge in [0.1, 0.15) is 0 Å². The first-order valence-corrected chi connectivity index (χ1v) is 4.08. The molecule has 0 atom stereocenters. The highest BCUT2D eigenvalue weighted by Crippen LogP contribution is 2.23. The zero-order chi connectivity index (χ0) is 8.39. The van der Waals surface area contributed by atoms with Crippen molar-refractivity contribution < 1.29 is 0 Å². The van der Waals surface area contributed by atoms with Gasteiger partial charge < -0.3 is 5.32 Å². The predicted octanol–water partition coefficient (Wildman–Crippen LogP) is 2.19. The van der Waals surface area contributed by atoms with Crippen molar-refractivity contribution in [3.63, 3.8) is 0 Å². The normalized spacial score (nSPS) is 14.2. The van der Waals surface area contributed by atoms with E-state index in [0.717, 1.165) is 18.4 Å². The summed E-state index contributed by atoms with van der Waals surface area (Å²) in [6, 6.07) is 6.08. The summed E-state index contributed by atoms with van der Waals surface area (Å²) in [5.74, 6) is 2.64. The maximum Gasteiger partial charge on any atom is 0.0466 e. The second-order valence-corrected chi connectivity index (χ2v) is 2.90. The highest BCUT2D eigenvalue weighted by Gasteiger charge is 2.07. The van der Waals surface area contributed by atoms with Crippen molar-refractivity contribution in [3.8, 4) is 12.3 Å². The van der Waals surface area contributed by atoms with Crippen LogP contribution in [0.5, 0.6) is 0 Å². The van der Waals surface area contributed by atoms with E-state index >= 15 is 0 Å². The van der Waals surface area contributed by atoms with Crippen LogP contribution in [0.2, 0.25) is 0 Å². The molecule has 1 aliphatic heterocycles. The van der Waals surface area contributed by atoms with Gasteiger partial charge in [-0.15, -0.1) is 6.42 Å². The Morgan fingerprint density at radius 2 is 2.33 bits per heavy atom. The lowest BCUT2D eigenvalue weighted by Crippen LogP contribution is -2.06. The minimum Gasteiger partial charge on any atom is -0.380 e. The van der Waals surface area contributed by atoms with Gasteiger partial charge >= 0.3 is 0 Å². The largest absolute Gasteiger partial charge is 0.380 e. The van der Waals surface area contributed by atoms with E-state index in [9.17, 15) is 0 Å². The smallest absolute Gasteiger partial charge is 0.0466 e. The van der Waals surface area contributed by atoms with Crippen LogP contribution in [-0.4, -0.2) is 0 Å². The van der Waals surface area contributed by atoms with Crippen molar-refractivity contribution in [2.45, 2.75) is 12.8 Å². The van der Waals surface area contributed by atoms with Gasteiger partial charge in [-0.1, -0.05) is 5.92 Å². The highest BCUT2D eigenvalue weighted by atomic mass is 14.9. The van der Waals surface area contributed by atoms with Gasteiger partial charge in [-0.05, 0) is 36.6 Å².